The molecule has 20 heavy (non-hydrogen) atoms. The first-order chi connectivity index (χ1) is 9.72. The third-order valence-corrected chi connectivity index (χ3v) is 4.07. The lowest BCUT2D eigenvalue weighted by atomic mass is 10.1. The largest absolute Gasteiger partial charge is 0.384 e. The second-order valence-electron chi connectivity index (χ2n) is 4.41. The molecule has 0 radical (unpaired) electrons. The van der Waals surface area contributed by atoms with Crippen molar-refractivity contribution in [2.75, 3.05) is 31.2 Å². The standard InChI is InChI=1S/C15H16FNO2S/c16-14-5-4-12(3-1-8-18)11-13(14)15(19)17-6-2-9-20-10-7-17/h4-5,11,18H,2,6-10H2. The average molecular weight is 293 g/mol. The predicted molar refractivity (Wildman–Crippen MR) is 78.2 cm³/mol. The number of aliphatic hydroxyl groups is 1. The Kier molecular flexibility index (Phi) is 5.45. The summed E-state index contributed by atoms with van der Waals surface area (Å²) in [4.78, 5) is 14.1. The minimum Gasteiger partial charge on any atom is -0.384 e. The monoisotopic (exact) mass is 293 g/mol. The van der Waals surface area contributed by atoms with Gasteiger partial charge in [0, 0.05) is 24.4 Å². The highest BCUT2D eigenvalue weighted by Crippen LogP contribution is 2.16. The first-order valence-corrected chi connectivity index (χ1v) is 7.64. The molecular weight excluding hydrogens is 277 g/mol. The number of carbonyl (C=O) groups excluding carboxylic acids is 1. The minimum atomic E-state index is -0.526. The van der Waals surface area contributed by atoms with Crippen molar-refractivity contribution < 1.29 is 14.3 Å². The Labute approximate surface area is 122 Å². The van der Waals surface area contributed by atoms with Crippen LogP contribution in [0.25, 0.3) is 0 Å². The van der Waals surface area contributed by atoms with Gasteiger partial charge in [0.15, 0.2) is 0 Å². The molecule has 1 aromatic carbocycles. The van der Waals surface area contributed by atoms with Crippen LogP contribution in [0, 0.1) is 17.7 Å². The number of rotatable bonds is 1. The van der Waals surface area contributed by atoms with Gasteiger partial charge in [0.25, 0.3) is 5.91 Å². The molecule has 0 atom stereocenters. The summed E-state index contributed by atoms with van der Waals surface area (Å²) in [5.74, 6) is 6.30. The Hall–Kier alpha value is -1.51. The number of hydrogen-bond acceptors (Lipinski definition) is 3. The molecule has 1 aromatic rings. The third kappa shape index (κ3) is 3.75. The predicted octanol–water partition coefficient (Wildman–Crippen LogP) is 1.75. The molecule has 0 spiro atoms. The molecule has 0 aliphatic carbocycles. The number of thioether (sulfide) groups is 1. The molecule has 0 bridgehead atoms. The van der Waals surface area contributed by atoms with Gasteiger partial charge in [0.05, 0.1) is 5.56 Å². The number of hydrogen-bond donors (Lipinski definition) is 1. The van der Waals surface area contributed by atoms with E-state index >= 15 is 0 Å². The average Bonchev–Trinajstić information content (AvgIpc) is 2.75. The summed E-state index contributed by atoms with van der Waals surface area (Å²) in [7, 11) is 0. The van der Waals surface area contributed by atoms with Crippen molar-refractivity contribution in [2.45, 2.75) is 6.42 Å². The maximum Gasteiger partial charge on any atom is 0.256 e. The smallest absolute Gasteiger partial charge is 0.256 e. The summed E-state index contributed by atoms with van der Waals surface area (Å²) in [5.41, 5.74) is 0.592. The SMILES string of the molecule is O=C(c1cc(C#CCO)ccc1F)N1CCCSCC1. The Morgan fingerprint density at radius 1 is 1.40 bits per heavy atom. The Bertz CT molecular complexity index is 543. The molecule has 3 nitrogen and oxygen atoms in total. The summed E-state index contributed by atoms with van der Waals surface area (Å²) in [6, 6.07) is 4.21. The van der Waals surface area contributed by atoms with E-state index in [1.54, 1.807) is 4.90 Å². The molecule has 1 fully saturated rings. The third-order valence-electron chi connectivity index (χ3n) is 3.02. The van der Waals surface area contributed by atoms with Gasteiger partial charge in [-0.15, -0.1) is 0 Å². The fourth-order valence-corrected chi connectivity index (χ4v) is 2.91. The lowest BCUT2D eigenvalue weighted by Crippen LogP contribution is -2.33. The van der Waals surface area contributed by atoms with Crippen LogP contribution in [-0.2, 0) is 0 Å². The van der Waals surface area contributed by atoms with E-state index in [9.17, 15) is 9.18 Å². The highest BCUT2D eigenvalue weighted by Gasteiger charge is 2.20. The topological polar surface area (TPSA) is 40.5 Å². The summed E-state index contributed by atoms with van der Waals surface area (Å²) in [6.07, 6.45) is 0.933. The lowest BCUT2D eigenvalue weighted by molar-refractivity contribution is 0.0764. The van der Waals surface area contributed by atoms with E-state index in [0.717, 1.165) is 17.9 Å². The van der Waals surface area contributed by atoms with Crippen LogP contribution in [0.5, 0.6) is 0 Å². The second kappa shape index (κ2) is 7.32. The Balaban J connectivity index is 2.23. The molecule has 1 amide bonds. The molecule has 1 heterocycles. The van der Waals surface area contributed by atoms with Crippen LogP contribution in [0.4, 0.5) is 4.39 Å². The Morgan fingerprint density at radius 3 is 3.05 bits per heavy atom. The number of nitrogens with zero attached hydrogens (tertiary/aromatic N) is 1. The first kappa shape index (κ1) is 14.9. The maximum absolute atomic E-state index is 13.8. The highest BCUT2D eigenvalue weighted by molar-refractivity contribution is 7.99. The van der Waals surface area contributed by atoms with Crippen LogP contribution in [0.2, 0.25) is 0 Å². The van der Waals surface area contributed by atoms with Gasteiger partial charge in [0.2, 0.25) is 0 Å². The molecule has 0 saturated carbocycles. The van der Waals surface area contributed by atoms with Crippen LogP contribution in [-0.4, -0.2) is 47.1 Å². The van der Waals surface area contributed by atoms with Gasteiger partial charge < -0.3 is 10.0 Å². The zero-order chi connectivity index (χ0) is 14.4. The van der Waals surface area contributed by atoms with Gasteiger partial charge in [-0.1, -0.05) is 11.8 Å². The van der Waals surface area contributed by atoms with Crippen LogP contribution in [0.1, 0.15) is 22.3 Å². The van der Waals surface area contributed by atoms with Crippen molar-refractivity contribution >= 4 is 17.7 Å². The number of benzene rings is 1. The van der Waals surface area contributed by atoms with E-state index < -0.39 is 5.82 Å². The van der Waals surface area contributed by atoms with E-state index in [2.05, 4.69) is 11.8 Å². The number of carbonyl (C=O) groups is 1. The Morgan fingerprint density at radius 2 is 2.25 bits per heavy atom. The van der Waals surface area contributed by atoms with Crippen LogP contribution < -0.4 is 0 Å². The molecule has 1 N–H and O–H groups in total. The van der Waals surface area contributed by atoms with Crippen LogP contribution in [0.3, 0.4) is 0 Å². The lowest BCUT2D eigenvalue weighted by Gasteiger charge is -2.20. The quantitative estimate of drug-likeness (QED) is 0.802. The van der Waals surface area contributed by atoms with Gasteiger partial charge in [-0.25, -0.2) is 4.39 Å². The van der Waals surface area contributed by atoms with Gasteiger partial charge in [-0.05, 0) is 30.4 Å². The fourth-order valence-electron chi connectivity index (χ4n) is 2.03. The van der Waals surface area contributed by atoms with E-state index in [1.165, 1.54) is 18.2 Å². The zero-order valence-electron chi connectivity index (χ0n) is 11.1. The van der Waals surface area contributed by atoms with Gasteiger partial charge in [0.1, 0.15) is 12.4 Å². The fraction of sp³-hybridized carbons (Fsp3) is 0.400. The second-order valence-corrected chi connectivity index (χ2v) is 5.64. The number of aliphatic hydroxyl groups excluding tert-OH is 1. The van der Waals surface area contributed by atoms with Crippen molar-refractivity contribution in [1.82, 2.24) is 4.90 Å². The van der Waals surface area contributed by atoms with Crippen LogP contribution in [0.15, 0.2) is 18.2 Å². The van der Waals surface area contributed by atoms with E-state index in [1.807, 2.05) is 11.8 Å². The van der Waals surface area contributed by atoms with E-state index in [-0.39, 0.29) is 18.1 Å². The number of amides is 1. The molecule has 1 aliphatic rings. The molecule has 0 aromatic heterocycles. The summed E-state index contributed by atoms with van der Waals surface area (Å²) in [5, 5.41) is 8.67. The highest BCUT2D eigenvalue weighted by atomic mass is 32.2. The molecule has 1 saturated heterocycles. The minimum absolute atomic E-state index is 0.0571. The molecular formula is C15H16FNO2S. The molecule has 1 aliphatic heterocycles. The van der Waals surface area contributed by atoms with Crippen molar-refractivity contribution in [1.29, 1.82) is 0 Å². The van der Waals surface area contributed by atoms with Crippen molar-refractivity contribution in [3.8, 4) is 11.8 Å². The normalized spacial score (nSPS) is 15.2. The molecule has 0 unspecified atom stereocenters. The molecule has 106 valence electrons. The van der Waals surface area contributed by atoms with Gasteiger partial charge in [-0.2, -0.15) is 11.8 Å². The maximum atomic E-state index is 13.8. The van der Waals surface area contributed by atoms with Crippen molar-refractivity contribution in [3.63, 3.8) is 0 Å². The van der Waals surface area contributed by atoms with Gasteiger partial charge in [-0.3, -0.25) is 4.79 Å². The molecule has 5 heteroatoms. The summed E-state index contributed by atoms with van der Waals surface area (Å²) < 4.78 is 13.8. The van der Waals surface area contributed by atoms with Crippen LogP contribution >= 0.6 is 11.8 Å². The van der Waals surface area contributed by atoms with E-state index in [4.69, 9.17) is 5.11 Å². The zero-order valence-corrected chi connectivity index (χ0v) is 11.9. The van der Waals surface area contributed by atoms with Gasteiger partial charge >= 0.3 is 0 Å². The molecule has 2 rings (SSSR count). The van der Waals surface area contributed by atoms with E-state index in [0.29, 0.717) is 18.7 Å². The summed E-state index contributed by atoms with van der Waals surface area (Å²) >= 11 is 1.81. The first-order valence-electron chi connectivity index (χ1n) is 6.48. The van der Waals surface area contributed by atoms with Crippen molar-refractivity contribution in [3.05, 3.63) is 35.1 Å². The number of halogens is 1. The summed E-state index contributed by atoms with van der Waals surface area (Å²) in [6.45, 7) is 1.05. The van der Waals surface area contributed by atoms with Crippen molar-refractivity contribution in [2.24, 2.45) is 0 Å².